The van der Waals surface area contributed by atoms with Gasteiger partial charge >= 0.3 is 0 Å². The summed E-state index contributed by atoms with van der Waals surface area (Å²) < 4.78 is 27.8. The summed E-state index contributed by atoms with van der Waals surface area (Å²) in [5.74, 6) is 0.0103. The molecule has 7 heteroatoms. The Morgan fingerprint density at radius 3 is 2.33 bits per heavy atom. The van der Waals surface area contributed by atoms with E-state index in [1.165, 1.54) is 5.56 Å². The summed E-state index contributed by atoms with van der Waals surface area (Å²) in [6.07, 6.45) is 3.10. The van der Waals surface area contributed by atoms with E-state index in [0.29, 0.717) is 31.1 Å². The van der Waals surface area contributed by atoms with Crippen LogP contribution in [-0.4, -0.2) is 62.8 Å². The summed E-state index contributed by atoms with van der Waals surface area (Å²) >= 11 is 0. The van der Waals surface area contributed by atoms with Gasteiger partial charge in [0.15, 0.2) is 0 Å². The van der Waals surface area contributed by atoms with Gasteiger partial charge < -0.3 is 4.90 Å². The average Bonchev–Trinajstić information content (AvgIpc) is 3.26. The molecule has 1 heterocycles. The normalized spacial score (nSPS) is 18.7. The molecule has 1 amide bonds. The Bertz CT molecular complexity index is 1020. The summed E-state index contributed by atoms with van der Waals surface area (Å²) in [5.41, 5.74) is 3.29. The number of likely N-dealkylation sites (N-methyl/N-ethyl adjacent to an activating group) is 1. The van der Waals surface area contributed by atoms with E-state index >= 15 is 0 Å². The molecular weight excluding hydrogens is 398 g/mol. The third-order valence-corrected chi connectivity index (χ3v) is 8.25. The predicted octanol–water partition coefficient (Wildman–Crippen LogP) is 2.53. The maximum absolute atomic E-state index is 13.1. The second-order valence-electron chi connectivity index (χ2n) is 8.13. The highest BCUT2D eigenvalue weighted by Crippen LogP contribution is 2.27. The molecule has 0 saturated carbocycles. The van der Waals surface area contributed by atoms with Crippen LogP contribution >= 0.6 is 0 Å². The molecular formula is C23H29N3O3S. The smallest absolute Gasteiger partial charge is 0.243 e. The van der Waals surface area contributed by atoms with Crippen LogP contribution in [0.25, 0.3) is 0 Å². The highest BCUT2D eigenvalue weighted by molar-refractivity contribution is 7.89. The van der Waals surface area contributed by atoms with Crippen LogP contribution in [-0.2, 0) is 27.7 Å². The largest absolute Gasteiger partial charge is 0.314 e. The minimum Gasteiger partial charge on any atom is -0.314 e. The standard InChI is InChI=1S/C23H29N3O3S/c1-18(23(27)24(2)21-9-4-3-5-10-21)25-13-15-26(16-14-25)30(28,29)22-12-11-19-7-6-8-20(19)17-22/h3-5,9-12,17-18H,6-8,13-16H2,1-2H3. The van der Waals surface area contributed by atoms with Crippen molar-refractivity contribution in [2.75, 3.05) is 38.1 Å². The highest BCUT2D eigenvalue weighted by Gasteiger charge is 2.33. The molecule has 1 atom stereocenters. The minimum absolute atomic E-state index is 0.0103. The van der Waals surface area contributed by atoms with E-state index in [0.717, 1.165) is 30.5 Å². The van der Waals surface area contributed by atoms with Crippen molar-refractivity contribution >= 4 is 21.6 Å². The molecule has 1 fully saturated rings. The molecule has 1 aliphatic carbocycles. The van der Waals surface area contributed by atoms with Crippen molar-refractivity contribution in [1.29, 1.82) is 0 Å². The number of hydrogen-bond donors (Lipinski definition) is 0. The van der Waals surface area contributed by atoms with Crippen molar-refractivity contribution < 1.29 is 13.2 Å². The van der Waals surface area contributed by atoms with Gasteiger partial charge in [0.1, 0.15) is 0 Å². The number of aryl methyl sites for hydroxylation is 2. The predicted molar refractivity (Wildman–Crippen MR) is 118 cm³/mol. The number of para-hydroxylation sites is 1. The number of carbonyl (C=O) groups excluding carboxylic acids is 1. The number of carbonyl (C=O) groups is 1. The van der Waals surface area contributed by atoms with Gasteiger partial charge in [-0.25, -0.2) is 8.42 Å². The molecule has 2 aromatic carbocycles. The van der Waals surface area contributed by atoms with Crippen LogP contribution in [0.15, 0.2) is 53.4 Å². The fourth-order valence-electron chi connectivity index (χ4n) is 4.40. The van der Waals surface area contributed by atoms with E-state index in [-0.39, 0.29) is 11.9 Å². The maximum atomic E-state index is 13.1. The first kappa shape index (κ1) is 21.0. The van der Waals surface area contributed by atoms with Gasteiger partial charge in [-0.15, -0.1) is 0 Å². The zero-order valence-electron chi connectivity index (χ0n) is 17.6. The summed E-state index contributed by atoms with van der Waals surface area (Å²) in [5, 5.41) is 0. The number of amides is 1. The van der Waals surface area contributed by atoms with E-state index in [1.807, 2.05) is 49.4 Å². The van der Waals surface area contributed by atoms with E-state index in [9.17, 15) is 13.2 Å². The Balaban J connectivity index is 1.40. The lowest BCUT2D eigenvalue weighted by molar-refractivity contribution is -0.123. The number of fused-ring (bicyclic) bond motifs is 1. The van der Waals surface area contributed by atoms with Crippen molar-refractivity contribution in [2.45, 2.75) is 37.1 Å². The summed E-state index contributed by atoms with van der Waals surface area (Å²) in [4.78, 5) is 17.0. The van der Waals surface area contributed by atoms with Crippen LogP contribution < -0.4 is 4.90 Å². The Morgan fingerprint density at radius 1 is 0.967 bits per heavy atom. The molecule has 6 nitrogen and oxygen atoms in total. The third-order valence-electron chi connectivity index (χ3n) is 6.36. The lowest BCUT2D eigenvalue weighted by Crippen LogP contribution is -2.55. The molecule has 2 aliphatic rings. The second-order valence-corrected chi connectivity index (χ2v) is 10.1. The number of sulfonamides is 1. The monoisotopic (exact) mass is 427 g/mol. The number of piperazine rings is 1. The quantitative estimate of drug-likeness (QED) is 0.736. The zero-order chi connectivity index (χ0) is 21.3. The fraction of sp³-hybridized carbons (Fsp3) is 0.435. The number of benzene rings is 2. The average molecular weight is 428 g/mol. The Labute approximate surface area is 179 Å². The summed E-state index contributed by atoms with van der Waals surface area (Å²) in [6.45, 7) is 3.77. The molecule has 4 rings (SSSR count). The van der Waals surface area contributed by atoms with Crippen LogP contribution in [0.4, 0.5) is 5.69 Å². The zero-order valence-corrected chi connectivity index (χ0v) is 18.4. The number of rotatable bonds is 5. The molecule has 2 aromatic rings. The number of hydrogen-bond acceptors (Lipinski definition) is 4. The summed E-state index contributed by atoms with van der Waals surface area (Å²) in [7, 11) is -1.72. The van der Waals surface area contributed by atoms with Crippen LogP contribution in [0.2, 0.25) is 0 Å². The van der Waals surface area contributed by atoms with Gasteiger partial charge in [-0.2, -0.15) is 4.31 Å². The second kappa shape index (κ2) is 8.49. The molecule has 0 spiro atoms. The molecule has 1 aliphatic heterocycles. The van der Waals surface area contributed by atoms with Gasteiger partial charge in [-0.3, -0.25) is 9.69 Å². The van der Waals surface area contributed by atoms with E-state index in [2.05, 4.69) is 4.90 Å². The lowest BCUT2D eigenvalue weighted by atomic mass is 10.1. The van der Waals surface area contributed by atoms with Gasteiger partial charge in [0.2, 0.25) is 15.9 Å². The molecule has 0 radical (unpaired) electrons. The SMILES string of the molecule is CC(C(=O)N(C)c1ccccc1)N1CCN(S(=O)(=O)c2ccc3c(c2)CCC3)CC1. The van der Waals surface area contributed by atoms with Gasteiger partial charge in [-0.1, -0.05) is 24.3 Å². The van der Waals surface area contributed by atoms with Crippen molar-refractivity contribution in [3.05, 3.63) is 59.7 Å². The minimum atomic E-state index is -3.50. The van der Waals surface area contributed by atoms with Crippen molar-refractivity contribution in [3.63, 3.8) is 0 Å². The fourth-order valence-corrected chi connectivity index (χ4v) is 5.88. The first-order valence-electron chi connectivity index (χ1n) is 10.6. The molecule has 1 unspecified atom stereocenters. The van der Waals surface area contributed by atoms with Crippen LogP contribution in [0.3, 0.4) is 0 Å². The first-order chi connectivity index (χ1) is 14.4. The van der Waals surface area contributed by atoms with Gasteiger partial charge in [0.25, 0.3) is 0 Å². The third kappa shape index (κ3) is 4.02. The molecule has 0 bridgehead atoms. The molecule has 0 N–H and O–H groups in total. The Hall–Kier alpha value is -2.22. The van der Waals surface area contributed by atoms with Crippen LogP contribution in [0.1, 0.15) is 24.5 Å². The van der Waals surface area contributed by atoms with Gasteiger partial charge in [0, 0.05) is 38.9 Å². The molecule has 0 aromatic heterocycles. The molecule has 30 heavy (non-hydrogen) atoms. The Morgan fingerprint density at radius 2 is 1.63 bits per heavy atom. The van der Waals surface area contributed by atoms with Gasteiger partial charge in [0.05, 0.1) is 10.9 Å². The topological polar surface area (TPSA) is 60.9 Å². The van der Waals surface area contributed by atoms with E-state index < -0.39 is 10.0 Å². The first-order valence-corrected chi connectivity index (χ1v) is 12.0. The van der Waals surface area contributed by atoms with Crippen molar-refractivity contribution in [1.82, 2.24) is 9.21 Å². The van der Waals surface area contributed by atoms with E-state index in [1.54, 1.807) is 22.3 Å². The van der Waals surface area contributed by atoms with Crippen molar-refractivity contribution in [2.24, 2.45) is 0 Å². The highest BCUT2D eigenvalue weighted by atomic mass is 32.2. The van der Waals surface area contributed by atoms with Crippen molar-refractivity contribution in [3.8, 4) is 0 Å². The maximum Gasteiger partial charge on any atom is 0.243 e. The van der Waals surface area contributed by atoms with E-state index in [4.69, 9.17) is 0 Å². The molecule has 160 valence electrons. The number of anilines is 1. The van der Waals surface area contributed by atoms with Crippen LogP contribution in [0.5, 0.6) is 0 Å². The van der Waals surface area contributed by atoms with Crippen LogP contribution in [0, 0.1) is 0 Å². The van der Waals surface area contributed by atoms with Gasteiger partial charge in [-0.05, 0) is 61.6 Å². The molecule has 1 saturated heterocycles. The number of nitrogens with zero attached hydrogens (tertiary/aromatic N) is 3. The lowest BCUT2D eigenvalue weighted by Gasteiger charge is -2.37. The Kier molecular flexibility index (Phi) is 5.95. The summed E-state index contributed by atoms with van der Waals surface area (Å²) in [6, 6.07) is 14.8.